The first-order valence-electron chi connectivity index (χ1n) is 7.24. The summed E-state index contributed by atoms with van der Waals surface area (Å²) >= 11 is 2.95. The van der Waals surface area contributed by atoms with Crippen molar-refractivity contribution in [3.63, 3.8) is 0 Å². The fourth-order valence-electron chi connectivity index (χ4n) is 2.04. The summed E-state index contributed by atoms with van der Waals surface area (Å²) in [6.45, 7) is 2.06. The van der Waals surface area contributed by atoms with Gasteiger partial charge in [-0.1, -0.05) is 41.2 Å². The number of carbonyl (C=O) groups is 1. The number of aryl methyl sites for hydroxylation is 2. The second-order valence-corrected chi connectivity index (χ2v) is 6.97. The number of amides is 1. The normalized spacial score (nSPS) is 10.7. The molecule has 2 heterocycles. The first-order valence-corrected chi connectivity index (χ1v) is 9.00. The highest BCUT2D eigenvalue weighted by Gasteiger charge is 2.09. The van der Waals surface area contributed by atoms with Gasteiger partial charge in [0, 0.05) is 18.2 Å². The van der Waals surface area contributed by atoms with Gasteiger partial charge in [0.2, 0.25) is 11.0 Å². The van der Waals surface area contributed by atoms with Crippen molar-refractivity contribution < 1.29 is 4.79 Å². The van der Waals surface area contributed by atoms with E-state index in [0.717, 1.165) is 17.1 Å². The molecule has 0 bridgehead atoms. The quantitative estimate of drug-likeness (QED) is 0.743. The third-order valence-corrected chi connectivity index (χ3v) is 4.75. The van der Waals surface area contributed by atoms with Gasteiger partial charge in [0.25, 0.3) is 0 Å². The number of hydrogen-bond donors (Lipinski definition) is 1. The van der Waals surface area contributed by atoms with Gasteiger partial charge < -0.3 is 5.32 Å². The van der Waals surface area contributed by atoms with Gasteiger partial charge in [0.1, 0.15) is 5.01 Å². The van der Waals surface area contributed by atoms with Crippen LogP contribution in [-0.4, -0.2) is 21.1 Å². The molecule has 0 spiro atoms. The molecule has 0 aliphatic heterocycles. The molecule has 0 radical (unpaired) electrons. The fraction of sp³-hybridized carbons (Fsp3) is 0.250. The number of aromatic nitrogens is 3. The minimum atomic E-state index is -0.0592. The summed E-state index contributed by atoms with van der Waals surface area (Å²) < 4.78 is 0. The lowest BCUT2D eigenvalue weighted by molar-refractivity contribution is -0.116. The fourth-order valence-corrected chi connectivity index (χ4v) is 3.42. The lowest BCUT2D eigenvalue weighted by Crippen LogP contribution is -2.12. The van der Waals surface area contributed by atoms with E-state index in [2.05, 4.69) is 51.7 Å². The minimum absolute atomic E-state index is 0.0592. The Bertz CT molecular complexity index is 766. The molecule has 3 aromatic rings. The van der Waals surface area contributed by atoms with Crippen molar-refractivity contribution >= 4 is 33.7 Å². The molecule has 0 fully saturated rings. The van der Waals surface area contributed by atoms with E-state index in [1.165, 1.54) is 33.8 Å². The van der Waals surface area contributed by atoms with Crippen LogP contribution in [0.15, 0.2) is 35.2 Å². The standard InChI is InChI=1S/C16H16N4OS2/c1-11-2-4-12(5-3-11)8-15-19-20-16(23-15)18-14(21)7-6-13-9-22-10-17-13/h2-5,9-10H,6-8H2,1H3,(H,18,20,21). The molecule has 1 N–H and O–H groups in total. The first kappa shape index (κ1) is 15.8. The predicted octanol–water partition coefficient (Wildman–Crippen LogP) is 3.47. The van der Waals surface area contributed by atoms with Crippen LogP contribution in [0, 0.1) is 6.92 Å². The van der Waals surface area contributed by atoms with Crippen molar-refractivity contribution in [1.82, 2.24) is 15.2 Å². The number of nitrogens with one attached hydrogen (secondary N) is 1. The van der Waals surface area contributed by atoms with Crippen LogP contribution >= 0.6 is 22.7 Å². The lowest BCUT2D eigenvalue weighted by Gasteiger charge is -1.99. The Kier molecular flexibility index (Phi) is 5.09. The van der Waals surface area contributed by atoms with Gasteiger partial charge in [-0.25, -0.2) is 4.98 Å². The number of benzene rings is 1. The van der Waals surface area contributed by atoms with E-state index in [0.29, 0.717) is 18.0 Å². The SMILES string of the molecule is Cc1ccc(Cc2nnc(NC(=O)CCc3cscn3)s2)cc1. The average molecular weight is 344 g/mol. The molecule has 5 nitrogen and oxygen atoms in total. The number of carbonyl (C=O) groups excluding carboxylic acids is 1. The van der Waals surface area contributed by atoms with Crippen LogP contribution in [0.4, 0.5) is 5.13 Å². The van der Waals surface area contributed by atoms with Crippen LogP contribution in [-0.2, 0) is 17.6 Å². The van der Waals surface area contributed by atoms with Crippen LogP contribution in [0.3, 0.4) is 0 Å². The van der Waals surface area contributed by atoms with E-state index < -0.39 is 0 Å². The molecule has 0 saturated carbocycles. The zero-order valence-corrected chi connectivity index (χ0v) is 14.3. The van der Waals surface area contributed by atoms with E-state index in [-0.39, 0.29) is 5.91 Å². The van der Waals surface area contributed by atoms with Crippen molar-refractivity contribution in [3.05, 3.63) is 57.0 Å². The maximum absolute atomic E-state index is 11.9. The zero-order chi connectivity index (χ0) is 16.1. The molecule has 2 aromatic heterocycles. The van der Waals surface area contributed by atoms with Gasteiger partial charge in [0.15, 0.2) is 0 Å². The average Bonchev–Trinajstić information content (AvgIpc) is 3.20. The zero-order valence-electron chi connectivity index (χ0n) is 12.7. The largest absolute Gasteiger partial charge is 0.301 e. The van der Waals surface area contributed by atoms with Gasteiger partial charge in [-0.15, -0.1) is 21.5 Å². The summed E-state index contributed by atoms with van der Waals surface area (Å²) in [6, 6.07) is 8.33. The number of rotatable bonds is 6. The molecule has 0 atom stereocenters. The highest BCUT2D eigenvalue weighted by atomic mass is 32.1. The van der Waals surface area contributed by atoms with Gasteiger partial charge in [-0.2, -0.15) is 0 Å². The molecular weight excluding hydrogens is 328 g/mol. The molecule has 1 amide bonds. The Morgan fingerprint density at radius 2 is 2.04 bits per heavy atom. The Morgan fingerprint density at radius 3 is 2.78 bits per heavy atom. The van der Waals surface area contributed by atoms with Crippen molar-refractivity contribution in [3.8, 4) is 0 Å². The highest BCUT2D eigenvalue weighted by molar-refractivity contribution is 7.15. The van der Waals surface area contributed by atoms with Crippen molar-refractivity contribution in [2.24, 2.45) is 0 Å². The summed E-state index contributed by atoms with van der Waals surface area (Å²) in [5, 5.41) is 14.4. The summed E-state index contributed by atoms with van der Waals surface area (Å²) in [4.78, 5) is 16.1. The Labute approximate surface area is 142 Å². The third-order valence-electron chi connectivity index (χ3n) is 3.28. The predicted molar refractivity (Wildman–Crippen MR) is 93.0 cm³/mol. The molecule has 118 valence electrons. The minimum Gasteiger partial charge on any atom is -0.301 e. The van der Waals surface area contributed by atoms with E-state index in [4.69, 9.17) is 0 Å². The summed E-state index contributed by atoms with van der Waals surface area (Å²) in [5.74, 6) is -0.0592. The molecule has 23 heavy (non-hydrogen) atoms. The van der Waals surface area contributed by atoms with Crippen LogP contribution in [0.25, 0.3) is 0 Å². The third kappa shape index (κ3) is 4.67. The van der Waals surface area contributed by atoms with Crippen LogP contribution in [0.1, 0.15) is 28.2 Å². The molecule has 3 rings (SSSR count). The second kappa shape index (κ2) is 7.43. The number of thiazole rings is 1. The molecule has 0 aliphatic carbocycles. The molecule has 0 unspecified atom stereocenters. The van der Waals surface area contributed by atoms with Crippen molar-refractivity contribution in [2.75, 3.05) is 5.32 Å². The Morgan fingerprint density at radius 1 is 1.22 bits per heavy atom. The topological polar surface area (TPSA) is 67.8 Å². The second-order valence-electron chi connectivity index (χ2n) is 5.19. The van der Waals surface area contributed by atoms with Crippen molar-refractivity contribution in [2.45, 2.75) is 26.2 Å². The molecule has 7 heteroatoms. The molecular formula is C16H16N4OS2. The maximum Gasteiger partial charge on any atom is 0.226 e. The first-order chi connectivity index (χ1) is 11.2. The van der Waals surface area contributed by atoms with Gasteiger partial charge in [-0.05, 0) is 18.9 Å². The van der Waals surface area contributed by atoms with Gasteiger partial charge >= 0.3 is 0 Å². The number of anilines is 1. The number of hydrogen-bond acceptors (Lipinski definition) is 6. The smallest absolute Gasteiger partial charge is 0.226 e. The Hall–Kier alpha value is -2.12. The molecule has 1 aromatic carbocycles. The van der Waals surface area contributed by atoms with Crippen LogP contribution in [0.5, 0.6) is 0 Å². The van der Waals surface area contributed by atoms with E-state index in [1.807, 2.05) is 5.38 Å². The summed E-state index contributed by atoms with van der Waals surface area (Å²) in [7, 11) is 0. The Balaban J connectivity index is 1.52. The van der Waals surface area contributed by atoms with Crippen LogP contribution < -0.4 is 5.32 Å². The lowest BCUT2D eigenvalue weighted by atomic mass is 10.1. The number of nitrogens with zero attached hydrogens (tertiary/aromatic N) is 3. The van der Waals surface area contributed by atoms with E-state index in [1.54, 1.807) is 5.51 Å². The molecule has 0 saturated heterocycles. The van der Waals surface area contributed by atoms with Crippen LogP contribution in [0.2, 0.25) is 0 Å². The summed E-state index contributed by atoms with van der Waals surface area (Å²) in [5.41, 5.74) is 5.14. The molecule has 0 aliphatic rings. The summed E-state index contributed by atoms with van der Waals surface area (Å²) in [6.07, 6.45) is 1.77. The monoisotopic (exact) mass is 344 g/mol. The van der Waals surface area contributed by atoms with E-state index >= 15 is 0 Å². The van der Waals surface area contributed by atoms with E-state index in [9.17, 15) is 4.79 Å². The maximum atomic E-state index is 11.9. The highest BCUT2D eigenvalue weighted by Crippen LogP contribution is 2.19. The van der Waals surface area contributed by atoms with Crippen molar-refractivity contribution in [1.29, 1.82) is 0 Å². The van der Waals surface area contributed by atoms with Gasteiger partial charge in [-0.3, -0.25) is 4.79 Å². The van der Waals surface area contributed by atoms with Gasteiger partial charge in [0.05, 0.1) is 11.2 Å².